The number of nitrogens with one attached hydrogen (secondary N) is 10. The van der Waals surface area contributed by atoms with Gasteiger partial charge in [0.15, 0.2) is 5.79 Å². The van der Waals surface area contributed by atoms with Gasteiger partial charge in [0.25, 0.3) is 0 Å². The van der Waals surface area contributed by atoms with Crippen molar-refractivity contribution >= 4 is 10.9 Å². The third-order valence-corrected chi connectivity index (χ3v) is 19.5. The molecule has 1 saturated carbocycles. The summed E-state index contributed by atoms with van der Waals surface area (Å²) in [4.78, 5) is 5.70. The van der Waals surface area contributed by atoms with Crippen LogP contribution in [-0.2, 0) is 53.7 Å². The Kier molecular flexibility index (Phi) is 95.2. The lowest BCUT2D eigenvalue weighted by Gasteiger charge is -2.21. The van der Waals surface area contributed by atoms with Crippen LogP contribution in [0.5, 0.6) is 0 Å². The van der Waals surface area contributed by atoms with Gasteiger partial charge in [0.2, 0.25) is 0 Å². The number of hydrogen-bond donors (Lipinski definition) is 23. The predicted octanol–water partition coefficient (Wildman–Crippen LogP) is 5.91. The molecule has 31 heteroatoms. The summed E-state index contributed by atoms with van der Waals surface area (Å²) in [7, 11) is 1.91. The number of aromatic amines is 1. The third kappa shape index (κ3) is 81.4. The summed E-state index contributed by atoms with van der Waals surface area (Å²) < 4.78 is 24.0. The highest BCUT2D eigenvalue weighted by molar-refractivity contribution is 5.83. The van der Waals surface area contributed by atoms with Crippen molar-refractivity contribution in [3.05, 3.63) is 150 Å². The number of nitrogens with two attached hydrogens (primary N) is 12. The van der Waals surface area contributed by atoms with Crippen LogP contribution in [0, 0.1) is 11.3 Å². The van der Waals surface area contributed by atoms with Gasteiger partial charge < -0.3 is 145 Å². The zero-order valence-electron chi connectivity index (χ0n) is 79.1. The van der Waals surface area contributed by atoms with E-state index >= 15 is 0 Å². The maximum atomic E-state index is 8.29. The monoisotopic (exact) mass is 1770 g/mol. The Balaban J connectivity index is 0. The molecule has 31 nitrogen and oxygen atoms in total. The number of nitrogens with zero attached hydrogens (tertiary/aromatic N) is 4. The number of para-hydroxylation sites is 1. The molecular weight excluding hydrogens is 1590 g/mol. The normalized spacial score (nSPS) is 14.1. The van der Waals surface area contributed by atoms with Gasteiger partial charge in [-0.1, -0.05) is 112 Å². The first kappa shape index (κ1) is 122. The van der Waals surface area contributed by atoms with E-state index in [0.717, 1.165) is 247 Å². The second-order valence-corrected chi connectivity index (χ2v) is 31.0. The van der Waals surface area contributed by atoms with Crippen molar-refractivity contribution in [3.8, 4) is 6.07 Å². The average molecular weight is 1770 g/mol. The maximum absolute atomic E-state index is 8.29. The number of ether oxygens (including phenoxy) is 3. The van der Waals surface area contributed by atoms with Crippen LogP contribution >= 0.6 is 0 Å². The van der Waals surface area contributed by atoms with Crippen LogP contribution in [-0.4, -0.2) is 259 Å². The Morgan fingerprint density at radius 2 is 1.01 bits per heavy atom. The number of aryl methyl sites for hydroxylation is 3. The number of H-pyrrole nitrogens is 1. The summed E-state index contributed by atoms with van der Waals surface area (Å²) in [6.45, 7) is 35.8. The first-order valence-electron chi connectivity index (χ1n) is 47.9. The molecule has 4 aliphatic rings. The minimum absolute atomic E-state index is 0.173. The van der Waals surface area contributed by atoms with Gasteiger partial charge in [-0.3, -0.25) is 9.58 Å². The van der Waals surface area contributed by atoms with Crippen molar-refractivity contribution in [2.75, 3.05) is 216 Å². The summed E-state index contributed by atoms with van der Waals surface area (Å²) in [5, 5.41) is 50.4. The molecule has 2 atom stereocenters. The highest BCUT2D eigenvalue weighted by Crippen LogP contribution is 2.40. The van der Waals surface area contributed by atoms with Gasteiger partial charge in [-0.15, -0.1) is 0 Å². The zero-order chi connectivity index (χ0) is 92.4. The Morgan fingerprint density at radius 3 is 1.55 bits per heavy atom. The van der Waals surface area contributed by atoms with Gasteiger partial charge in [-0.25, -0.2) is 0 Å². The molecule has 10 rings (SSSR count). The number of fused-ring (bicyclic) bond motifs is 1. The first-order valence-corrected chi connectivity index (χ1v) is 47.9. The van der Waals surface area contributed by atoms with Crippen LogP contribution < -0.4 is 117 Å². The van der Waals surface area contributed by atoms with Crippen molar-refractivity contribution in [2.24, 2.45) is 75.9 Å². The molecule has 4 fully saturated rings. The second kappa shape index (κ2) is 98.2. The van der Waals surface area contributed by atoms with E-state index in [0.29, 0.717) is 51.4 Å². The van der Waals surface area contributed by atoms with Crippen LogP contribution in [0.15, 0.2) is 126 Å². The minimum Gasteiger partial charge on any atom is -0.468 e. The number of hydrogen-bond acceptors (Lipinski definition) is 29. The predicted molar refractivity (Wildman–Crippen MR) is 531 cm³/mol. The SMILES string of the molecule is CCCCNCCN.CCNCCCCN.Cn1cc(CNCCN)cn1.N#CCCNCCN.NCCCCC1COC2(CCCC2)O1.NCCCCCc1c[nH]c2ccccc12.NCCCCCc1ccccc1.NCCCCNCc1ccccc1.NCCNCC1CCCO1.NCCNCCCO.NCCNCCN1CC1.NCCNCc1ccco1. The van der Waals surface area contributed by atoms with Crippen LogP contribution in [0.25, 0.3) is 10.9 Å². The lowest BCUT2D eigenvalue weighted by molar-refractivity contribution is -0.162. The lowest BCUT2D eigenvalue weighted by Crippen LogP contribution is -2.30. The van der Waals surface area contributed by atoms with E-state index in [1.54, 1.807) is 10.9 Å². The summed E-state index contributed by atoms with van der Waals surface area (Å²) >= 11 is 0. The van der Waals surface area contributed by atoms with Gasteiger partial charge in [0.1, 0.15) is 5.76 Å². The fourth-order valence-electron chi connectivity index (χ4n) is 12.4. The fourth-order valence-corrected chi connectivity index (χ4v) is 12.4. The van der Waals surface area contributed by atoms with E-state index in [1.807, 2.05) is 43.7 Å². The molecule has 35 N–H and O–H groups in total. The van der Waals surface area contributed by atoms with Crippen LogP contribution in [0.4, 0.5) is 0 Å². The van der Waals surface area contributed by atoms with Crippen molar-refractivity contribution in [2.45, 2.75) is 212 Å². The maximum Gasteiger partial charge on any atom is 0.168 e. The molecule has 3 aliphatic heterocycles. The van der Waals surface area contributed by atoms with E-state index in [9.17, 15) is 0 Å². The molecule has 0 bridgehead atoms. The Bertz CT molecular complexity index is 3030. The molecule has 0 amide bonds. The minimum atomic E-state index is -0.173. The van der Waals surface area contributed by atoms with Gasteiger partial charge in [-0.2, -0.15) is 10.4 Å². The molecular formula is C95H188N26O5. The molecule has 728 valence electrons. The number of rotatable bonds is 56. The topological polar surface area (TPSA) is 542 Å². The van der Waals surface area contributed by atoms with Crippen molar-refractivity contribution in [1.29, 1.82) is 5.26 Å². The van der Waals surface area contributed by atoms with Crippen LogP contribution in [0.1, 0.15) is 190 Å². The molecule has 6 aromatic rings. The van der Waals surface area contributed by atoms with Gasteiger partial charge >= 0.3 is 0 Å². The number of nitriles is 1. The Morgan fingerprint density at radius 1 is 0.492 bits per heavy atom. The van der Waals surface area contributed by atoms with E-state index in [2.05, 4.69) is 162 Å². The van der Waals surface area contributed by atoms with Crippen LogP contribution in [0.2, 0.25) is 0 Å². The summed E-state index contributed by atoms with van der Waals surface area (Å²) in [6, 6.07) is 35.4. The van der Waals surface area contributed by atoms with E-state index in [4.69, 9.17) is 97.8 Å². The third-order valence-electron chi connectivity index (χ3n) is 19.5. The number of aliphatic hydroxyl groups excluding tert-OH is 1. The quantitative estimate of drug-likeness (QED) is 0.0156. The highest BCUT2D eigenvalue weighted by Gasteiger charge is 2.43. The molecule has 2 unspecified atom stereocenters. The molecule has 3 aromatic heterocycles. The number of aliphatic hydroxyl groups is 1. The standard InChI is InChI=1S/C13H18N2.C11H18N2.C11H21NO2.C11H17N.C7H14N4.C7H16N2O.C7H12N2O.C6H15N3.2C6H16N2.C5H11N3.C5H14N2O/c14-9-5-1-2-6-11-10-15-13-8-4-3-7-12(11)13;12-8-4-5-9-13-10-11-6-2-1-3-7-11;12-8-4-1-5-10-9-13-11(14-10)6-2-3-7-11;12-10-6-2-5-9-11-7-3-1-4-8-11;1-11-6-7(5-10-11)4-9-3-2-8;2*8-3-4-9-6-7-2-1-5-10-7;7-1-2-8-3-4-9-5-6-9;1-2-8-6-4-3-5-7;1-2-3-5-8-6-4-7;6-2-1-4-8-5-3-7;6-2-4-7-3-1-5-8/h3-4,7-8,10,15H,1-2,5-6,9,14H2;1-3,6-7,13H,4-5,8-10,12H2;10H,1-9,12H2;1,3-4,7-8H,2,5-6,9-10,12H2;5-6,9H,2-4,8H2,1H3;7,9H,1-6,8H2;1-2,5,9H,3-4,6,8H2;8H,1-7H2;2*8H,2-7H2,1H3;8H,1,3-5,7H2;7-8H,1-6H2. The van der Waals surface area contributed by atoms with Crippen molar-refractivity contribution in [3.63, 3.8) is 0 Å². The summed E-state index contributed by atoms with van der Waals surface area (Å²) in [6.07, 6.45) is 37.1. The lowest BCUT2D eigenvalue weighted by atomic mass is 10.1. The van der Waals surface area contributed by atoms with Gasteiger partial charge in [0.05, 0.1) is 43.9 Å². The van der Waals surface area contributed by atoms with Gasteiger partial charge in [0, 0.05) is 212 Å². The average Bonchev–Trinajstić information content (AvgIpc) is 1.68. The van der Waals surface area contributed by atoms with Crippen molar-refractivity contribution in [1.82, 2.24) is 67.5 Å². The molecule has 0 radical (unpaired) electrons. The van der Waals surface area contributed by atoms with E-state index in [-0.39, 0.29) is 12.4 Å². The molecule has 3 aromatic carbocycles. The highest BCUT2D eigenvalue weighted by atomic mass is 16.7. The number of unbranched alkanes of at least 4 members (excludes halogenated alkanes) is 8. The van der Waals surface area contributed by atoms with E-state index < -0.39 is 0 Å². The van der Waals surface area contributed by atoms with Crippen molar-refractivity contribution < 1.29 is 23.7 Å². The summed E-state index contributed by atoms with van der Waals surface area (Å²) in [5.74, 6) is 0.779. The van der Waals surface area contributed by atoms with E-state index in [1.165, 1.54) is 143 Å². The fraction of sp³-hybridized carbons (Fsp3) is 0.705. The summed E-state index contributed by atoms with van der Waals surface area (Å²) in [5.41, 5.74) is 70.5. The zero-order valence-corrected chi connectivity index (χ0v) is 79.1. The Labute approximate surface area is 763 Å². The Hall–Kier alpha value is -5.86. The van der Waals surface area contributed by atoms with Crippen LogP contribution in [0.3, 0.4) is 0 Å². The number of aromatic nitrogens is 3. The second-order valence-electron chi connectivity index (χ2n) is 31.0. The molecule has 3 saturated heterocycles. The molecule has 6 heterocycles. The largest absolute Gasteiger partial charge is 0.468 e. The number of furan rings is 1. The molecule has 1 spiro atoms. The van der Waals surface area contributed by atoms with Gasteiger partial charge in [-0.05, 0) is 222 Å². The number of benzene rings is 3. The molecule has 1 aliphatic carbocycles. The smallest absolute Gasteiger partial charge is 0.168 e. The molecule has 126 heavy (non-hydrogen) atoms. The first-order chi connectivity index (χ1) is 61.9.